The highest BCUT2D eigenvalue weighted by molar-refractivity contribution is 5.97. The van der Waals surface area contributed by atoms with E-state index >= 15 is 0 Å². The van der Waals surface area contributed by atoms with Crippen LogP contribution >= 0.6 is 0 Å². The number of pyridine rings is 2. The fourth-order valence-electron chi connectivity index (χ4n) is 4.18. The number of carbonyl (C=O) groups is 1. The van der Waals surface area contributed by atoms with E-state index in [1.54, 1.807) is 42.0 Å². The SMILES string of the molecule is C[C@@H](c1ccccc1OC(F)(F)F)N1CCc2ncc(-c3ccn4nc(N)nc4c3)cc2C1=O. The van der Waals surface area contributed by atoms with Crippen molar-refractivity contribution in [2.45, 2.75) is 25.7 Å². The van der Waals surface area contributed by atoms with E-state index in [0.717, 1.165) is 5.56 Å². The lowest BCUT2D eigenvalue weighted by atomic mass is 9.97. The van der Waals surface area contributed by atoms with Crippen LogP contribution in [0.3, 0.4) is 0 Å². The largest absolute Gasteiger partial charge is 0.573 e. The van der Waals surface area contributed by atoms with Crippen LogP contribution in [0.5, 0.6) is 5.75 Å². The third-order valence-corrected chi connectivity index (χ3v) is 5.80. The molecule has 4 heterocycles. The quantitative estimate of drug-likeness (QED) is 0.486. The zero-order chi connectivity index (χ0) is 24.0. The number of rotatable bonds is 4. The van der Waals surface area contributed by atoms with Crippen molar-refractivity contribution in [3.63, 3.8) is 0 Å². The molecule has 0 fully saturated rings. The van der Waals surface area contributed by atoms with Gasteiger partial charge in [0, 0.05) is 36.5 Å². The number of carbonyl (C=O) groups excluding carboxylic acids is 1. The summed E-state index contributed by atoms with van der Waals surface area (Å²) in [4.78, 5) is 23.6. The van der Waals surface area contributed by atoms with Gasteiger partial charge in [-0.3, -0.25) is 9.78 Å². The molecule has 1 aliphatic rings. The lowest BCUT2D eigenvalue weighted by Crippen LogP contribution is -2.40. The number of nitrogens with two attached hydrogens (primary N) is 1. The van der Waals surface area contributed by atoms with E-state index in [1.165, 1.54) is 23.1 Å². The second-order valence-electron chi connectivity index (χ2n) is 7.92. The minimum absolute atomic E-state index is 0.148. The van der Waals surface area contributed by atoms with Gasteiger partial charge in [0.2, 0.25) is 5.95 Å². The molecule has 0 spiro atoms. The molecule has 0 unspecified atom stereocenters. The molecule has 0 radical (unpaired) electrons. The van der Waals surface area contributed by atoms with Gasteiger partial charge in [0.15, 0.2) is 5.65 Å². The smallest absolute Gasteiger partial charge is 0.405 e. The van der Waals surface area contributed by atoms with E-state index in [4.69, 9.17) is 5.73 Å². The normalized spacial score (nSPS) is 14.8. The third kappa shape index (κ3) is 4.00. The number of anilines is 1. The molecule has 0 bridgehead atoms. The molecule has 34 heavy (non-hydrogen) atoms. The van der Waals surface area contributed by atoms with E-state index in [0.29, 0.717) is 35.4 Å². The van der Waals surface area contributed by atoms with Crippen molar-refractivity contribution in [2.24, 2.45) is 0 Å². The lowest BCUT2D eigenvalue weighted by Gasteiger charge is -2.34. The molecule has 3 aromatic heterocycles. The Labute approximate surface area is 191 Å². The van der Waals surface area contributed by atoms with Crippen LogP contribution in [0.4, 0.5) is 19.1 Å². The van der Waals surface area contributed by atoms with Gasteiger partial charge >= 0.3 is 6.36 Å². The summed E-state index contributed by atoms with van der Waals surface area (Å²) in [6.07, 6.45) is -0.957. The fourth-order valence-corrected chi connectivity index (χ4v) is 4.18. The summed E-state index contributed by atoms with van der Waals surface area (Å²) in [5.41, 5.74) is 9.00. The maximum absolute atomic E-state index is 13.4. The number of amides is 1. The number of nitrogens with zero attached hydrogens (tertiary/aromatic N) is 5. The lowest BCUT2D eigenvalue weighted by molar-refractivity contribution is -0.275. The molecule has 1 aliphatic heterocycles. The Balaban J connectivity index is 1.47. The first-order chi connectivity index (χ1) is 16.2. The average molecular weight is 468 g/mol. The van der Waals surface area contributed by atoms with Crippen LogP contribution in [0.2, 0.25) is 0 Å². The van der Waals surface area contributed by atoms with E-state index < -0.39 is 12.4 Å². The number of benzene rings is 1. The molecule has 5 rings (SSSR count). The van der Waals surface area contributed by atoms with Gasteiger partial charge in [-0.05, 0) is 36.8 Å². The number of halogens is 3. The Morgan fingerprint density at radius 2 is 1.94 bits per heavy atom. The van der Waals surface area contributed by atoms with Crippen molar-refractivity contribution in [1.82, 2.24) is 24.5 Å². The maximum atomic E-state index is 13.4. The number of nitrogen functional groups attached to an aromatic ring is 1. The molecule has 1 amide bonds. The van der Waals surface area contributed by atoms with Crippen molar-refractivity contribution >= 4 is 17.5 Å². The molecule has 0 aliphatic carbocycles. The van der Waals surface area contributed by atoms with Crippen LogP contribution in [-0.2, 0) is 6.42 Å². The van der Waals surface area contributed by atoms with E-state index in [-0.39, 0.29) is 23.2 Å². The van der Waals surface area contributed by atoms with Crippen LogP contribution in [-0.4, -0.2) is 43.3 Å². The molecule has 174 valence electrons. The van der Waals surface area contributed by atoms with Crippen molar-refractivity contribution in [2.75, 3.05) is 12.3 Å². The molecule has 1 atom stereocenters. The Kier molecular flexibility index (Phi) is 5.11. The number of aromatic nitrogens is 4. The van der Waals surface area contributed by atoms with Crippen molar-refractivity contribution in [3.8, 4) is 16.9 Å². The Morgan fingerprint density at radius 3 is 2.74 bits per heavy atom. The van der Waals surface area contributed by atoms with E-state index in [2.05, 4.69) is 19.8 Å². The van der Waals surface area contributed by atoms with Gasteiger partial charge in [0.25, 0.3) is 5.91 Å². The molecule has 0 saturated carbocycles. The van der Waals surface area contributed by atoms with Gasteiger partial charge in [-0.1, -0.05) is 18.2 Å². The van der Waals surface area contributed by atoms with Crippen molar-refractivity contribution in [3.05, 3.63) is 71.7 Å². The van der Waals surface area contributed by atoms with Gasteiger partial charge in [-0.2, -0.15) is 4.98 Å². The minimum atomic E-state index is -4.83. The third-order valence-electron chi connectivity index (χ3n) is 5.80. The Hall–Kier alpha value is -4.15. The number of hydrogen-bond acceptors (Lipinski definition) is 6. The molecular weight excluding hydrogens is 449 g/mol. The molecule has 1 aromatic carbocycles. The molecule has 0 saturated heterocycles. The summed E-state index contributed by atoms with van der Waals surface area (Å²) in [5.74, 6) is -0.484. The summed E-state index contributed by atoms with van der Waals surface area (Å²) in [5, 5.41) is 4.04. The monoisotopic (exact) mass is 468 g/mol. The van der Waals surface area contributed by atoms with Crippen LogP contribution in [0.25, 0.3) is 16.8 Å². The molecule has 8 nitrogen and oxygen atoms in total. The van der Waals surface area contributed by atoms with Crippen molar-refractivity contribution < 1.29 is 22.7 Å². The highest BCUT2D eigenvalue weighted by atomic mass is 19.4. The van der Waals surface area contributed by atoms with Gasteiger partial charge in [-0.25, -0.2) is 4.52 Å². The molecule has 2 N–H and O–H groups in total. The molecule has 11 heteroatoms. The van der Waals surface area contributed by atoms with E-state index in [1.807, 2.05) is 6.07 Å². The first kappa shape index (κ1) is 21.7. The van der Waals surface area contributed by atoms with Crippen LogP contribution in [0, 0.1) is 0 Å². The highest BCUT2D eigenvalue weighted by Crippen LogP contribution is 2.35. The minimum Gasteiger partial charge on any atom is -0.405 e. The molecule has 4 aromatic rings. The standard InChI is InChI=1S/C23H19F3N6O2/c1-13(16-4-2-3-5-19(16)34-23(24,25)26)31-8-7-18-17(21(31)33)10-15(12-28-18)14-6-9-32-20(11-14)29-22(27)30-32/h2-6,9-13H,7-8H2,1H3,(H2,27,30)/t13-/m0/s1. The zero-order valence-electron chi connectivity index (χ0n) is 18.0. The summed E-state index contributed by atoms with van der Waals surface area (Å²) in [6.45, 7) is 2.01. The predicted octanol–water partition coefficient (Wildman–Crippen LogP) is 4.03. The summed E-state index contributed by atoms with van der Waals surface area (Å²) < 4.78 is 44.4. The maximum Gasteiger partial charge on any atom is 0.573 e. The summed E-state index contributed by atoms with van der Waals surface area (Å²) >= 11 is 0. The first-order valence-electron chi connectivity index (χ1n) is 10.5. The van der Waals surface area contributed by atoms with Crippen molar-refractivity contribution in [1.29, 1.82) is 0 Å². The predicted molar refractivity (Wildman–Crippen MR) is 117 cm³/mol. The number of ether oxygens (including phenoxy) is 1. The number of alkyl halides is 3. The van der Waals surface area contributed by atoms with Gasteiger partial charge < -0.3 is 15.4 Å². The van der Waals surface area contributed by atoms with Crippen LogP contribution in [0.1, 0.15) is 34.6 Å². The highest BCUT2D eigenvalue weighted by Gasteiger charge is 2.35. The first-order valence-corrected chi connectivity index (χ1v) is 10.5. The van der Waals surface area contributed by atoms with Crippen LogP contribution in [0.15, 0.2) is 54.9 Å². The topological polar surface area (TPSA) is 98.6 Å². The summed E-state index contributed by atoms with van der Waals surface area (Å²) in [7, 11) is 0. The Bertz CT molecular complexity index is 1400. The number of hydrogen-bond donors (Lipinski definition) is 1. The zero-order valence-corrected chi connectivity index (χ0v) is 18.0. The van der Waals surface area contributed by atoms with Gasteiger partial charge in [0.05, 0.1) is 17.3 Å². The number of para-hydroxylation sites is 1. The fraction of sp³-hybridized carbons (Fsp3) is 0.217. The molecular formula is C23H19F3N6O2. The second kappa shape index (κ2) is 8.01. The Morgan fingerprint density at radius 1 is 1.15 bits per heavy atom. The average Bonchev–Trinajstić information content (AvgIpc) is 3.17. The second-order valence-corrected chi connectivity index (χ2v) is 7.92. The van der Waals surface area contributed by atoms with Crippen LogP contribution < -0.4 is 10.5 Å². The van der Waals surface area contributed by atoms with E-state index in [9.17, 15) is 18.0 Å². The van der Waals surface area contributed by atoms with Gasteiger partial charge in [-0.15, -0.1) is 18.3 Å². The van der Waals surface area contributed by atoms with Gasteiger partial charge in [0.1, 0.15) is 5.75 Å². The summed E-state index contributed by atoms with van der Waals surface area (Å²) in [6, 6.07) is 10.5. The number of fused-ring (bicyclic) bond motifs is 2.